The lowest BCUT2D eigenvalue weighted by molar-refractivity contribution is 0.727. The van der Waals surface area contributed by atoms with Gasteiger partial charge in [-0.05, 0) is 37.1 Å². The Bertz CT molecular complexity index is 655. The van der Waals surface area contributed by atoms with Crippen molar-refractivity contribution >= 4 is 41.7 Å². The quantitative estimate of drug-likeness (QED) is 0.342. The highest BCUT2D eigenvalue weighted by atomic mass is 127. The topological polar surface area (TPSA) is 78.0 Å². The molecule has 6 nitrogen and oxygen atoms in total. The lowest BCUT2D eigenvalue weighted by atomic mass is 10.1. The van der Waals surface area contributed by atoms with Crippen molar-refractivity contribution in [1.29, 1.82) is 0 Å². The van der Waals surface area contributed by atoms with Crippen LogP contribution in [0.4, 0.5) is 0 Å². The monoisotopic (exact) mass is 472 g/mol. The third kappa shape index (κ3) is 6.18. The molecule has 0 spiro atoms. The minimum atomic E-state index is 0. The third-order valence-electron chi connectivity index (χ3n) is 3.90. The van der Waals surface area contributed by atoms with Crippen molar-refractivity contribution in [2.24, 2.45) is 4.99 Å². The van der Waals surface area contributed by atoms with E-state index in [0.29, 0.717) is 11.8 Å². The zero-order chi connectivity index (χ0) is 16.6. The maximum absolute atomic E-state index is 4.71. The Morgan fingerprint density at radius 2 is 2.32 bits per heavy atom. The molecule has 0 bridgehead atoms. The molecule has 0 aliphatic carbocycles. The van der Waals surface area contributed by atoms with E-state index in [4.69, 9.17) is 4.99 Å². The Morgan fingerprint density at radius 1 is 1.40 bits per heavy atom. The predicted molar refractivity (Wildman–Crippen MR) is 116 cm³/mol. The Hall–Kier alpha value is -1.29. The van der Waals surface area contributed by atoms with Gasteiger partial charge in [-0.25, -0.2) is 9.98 Å². The number of aromatic nitrogens is 3. The largest absolute Gasteiger partial charge is 0.357 e. The normalized spacial score (nSPS) is 17.2. The molecule has 1 aliphatic heterocycles. The van der Waals surface area contributed by atoms with E-state index in [-0.39, 0.29) is 24.0 Å². The number of thioether (sulfide) groups is 1. The number of nitrogens with zero attached hydrogens (tertiary/aromatic N) is 3. The van der Waals surface area contributed by atoms with Gasteiger partial charge in [0.2, 0.25) is 0 Å². The van der Waals surface area contributed by atoms with Crippen LogP contribution in [0.3, 0.4) is 0 Å². The summed E-state index contributed by atoms with van der Waals surface area (Å²) in [6, 6.07) is 8.23. The minimum absolute atomic E-state index is 0. The van der Waals surface area contributed by atoms with E-state index in [2.05, 4.69) is 56.6 Å². The molecule has 3 rings (SSSR count). The van der Waals surface area contributed by atoms with E-state index in [1.54, 1.807) is 0 Å². The Labute approximate surface area is 170 Å². The highest BCUT2D eigenvalue weighted by Gasteiger charge is 2.15. The highest BCUT2D eigenvalue weighted by molar-refractivity contribution is 14.0. The van der Waals surface area contributed by atoms with Crippen molar-refractivity contribution in [1.82, 2.24) is 25.8 Å². The van der Waals surface area contributed by atoms with Crippen molar-refractivity contribution in [2.75, 3.05) is 18.8 Å². The Kier molecular flexibility index (Phi) is 8.53. The molecule has 1 atom stereocenters. The van der Waals surface area contributed by atoms with Gasteiger partial charge in [-0.1, -0.05) is 18.2 Å². The van der Waals surface area contributed by atoms with Crippen molar-refractivity contribution in [3.05, 3.63) is 36.2 Å². The summed E-state index contributed by atoms with van der Waals surface area (Å²) in [6.45, 7) is 4.57. The predicted octanol–water partition coefficient (Wildman–Crippen LogP) is 3.04. The number of hydrogen-bond acceptors (Lipinski definition) is 4. The van der Waals surface area contributed by atoms with Gasteiger partial charge in [-0.3, -0.25) is 5.10 Å². The van der Waals surface area contributed by atoms with Crippen LogP contribution < -0.4 is 10.6 Å². The van der Waals surface area contributed by atoms with E-state index in [1.807, 2.05) is 12.1 Å². The molecule has 136 valence electrons. The maximum Gasteiger partial charge on any atom is 0.191 e. The molecule has 0 saturated carbocycles. The summed E-state index contributed by atoms with van der Waals surface area (Å²) in [5.74, 6) is 2.95. The molecule has 0 amide bonds. The first-order chi connectivity index (χ1) is 11.8. The van der Waals surface area contributed by atoms with Crippen LogP contribution in [0.25, 0.3) is 11.4 Å². The van der Waals surface area contributed by atoms with Gasteiger partial charge in [0.25, 0.3) is 0 Å². The molecular weight excluding hydrogens is 447 g/mol. The molecule has 1 aliphatic rings. The summed E-state index contributed by atoms with van der Waals surface area (Å²) < 4.78 is 0. The fourth-order valence-corrected chi connectivity index (χ4v) is 3.89. The van der Waals surface area contributed by atoms with Crippen LogP contribution in [0, 0.1) is 0 Å². The van der Waals surface area contributed by atoms with Gasteiger partial charge >= 0.3 is 0 Å². The van der Waals surface area contributed by atoms with Crippen LogP contribution in [0.15, 0.2) is 35.6 Å². The minimum Gasteiger partial charge on any atom is -0.357 e. The van der Waals surface area contributed by atoms with Crippen molar-refractivity contribution in [3.8, 4) is 11.4 Å². The lowest BCUT2D eigenvalue weighted by Crippen LogP contribution is -2.40. The number of rotatable bonds is 6. The number of H-pyrrole nitrogens is 1. The molecule has 2 aromatic rings. The van der Waals surface area contributed by atoms with Gasteiger partial charge in [0, 0.05) is 23.9 Å². The van der Waals surface area contributed by atoms with Gasteiger partial charge in [0.1, 0.15) is 6.33 Å². The highest BCUT2D eigenvalue weighted by Crippen LogP contribution is 2.25. The van der Waals surface area contributed by atoms with Gasteiger partial charge in [-0.15, -0.1) is 24.0 Å². The molecule has 3 N–H and O–H groups in total. The summed E-state index contributed by atoms with van der Waals surface area (Å²) in [5, 5.41) is 14.3. The molecular formula is C17H25IN6S. The third-order valence-corrected chi connectivity index (χ3v) is 5.30. The molecule has 8 heteroatoms. The summed E-state index contributed by atoms with van der Waals surface area (Å²) in [5.41, 5.74) is 2.18. The van der Waals surface area contributed by atoms with Gasteiger partial charge in [-0.2, -0.15) is 16.9 Å². The first kappa shape index (κ1) is 20.0. The van der Waals surface area contributed by atoms with Crippen LogP contribution in [-0.2, 0) is 6.54 Å². The fraction of sp³-hybridized carbons (Fsp3) is 0.471. The zero-order valence-electron chi connectivity index (χ0n) is 14.4. The average molecular weight is 472 g/mol. The molecule has 1 fully saturated rings. The molecule has 0 radical (unpaired) electrons. The first-order valence-electron chi connectivity index (χ1n) is 8.43. The van der Waals surface area contributed by atoms with Crippen LogP contribution in [-0.4, -0.2) is 45.2 Å². The summed E-state index contributed by atoms with van der Waals surface area (Å²) >= 11 is 2.06. The fourth-order valence-electron chi connectivity index (χ4n) is 2.69. The van der Waals surface area contributed by atoms with E-state index in [0.717, 1.165) is 36.0 Å². The Morgan fingerprint density at radius 3 is 3.04 bits per heavy atom. The number of hydrogen-bond donors (Lipinski definition) is 3. The molecule has 1 aromatic carbocycles. The second kappa shape index (κ2) is 10.6. The van der Waals surface area contributed by atoms with E-state index in [1.165, 1.54) is 24.9 Å². The molecule has 25 heavy (non-hydrogen) atoms. The van der Waals surface area contributed by atoms with Gasteiger partial charge < -0.3 is 10.6 Å². The van der Waals surface area contributed by atoms with Crippen LogP contribution >= 0.6 is 35.7 Å². The van der Waals surface area contributed by atoms with E-state index >= 15 is 0 Å². The van der Waals surface area contributed by atoms with Gasteiger partial charge in [0.05, 0.1) is 6.54 Å². The van der Waals surface area contributed by atoms with E-state index in [9.17, 15) is 0 Å². The first-order valence-corrected chi connectivity index (χ1v) is 9.48. The average Bonchev–Trinajstić information content (AvgIpc) is 3.31. The summed E-state index contributed by atoms with van der Waals surface area (Å²) in [4.78, 5) is 8.90. The van der Waals surface area contributed by atoms with Crippen LogP contribution in [0.5, 0.6) is 0 Å². The second-order valence-corrected chi connectivity index (χ2v) is 7.15. The lowest BCUT2D eigenvalue weighted by Gasteiger charge is -2.14. The van der Waals surface area contributed by atoms with Crippen LogP contribution in [0.2, 0.25) is 0 Å². The molecule has 1 aromatic heterocycles. The molecule has 2 heterocycles. The van der Waals surface area contributed by atoms with Gasteiger partial charge in [0.15, 0.2) is 11.8 Å². The SMILES string of the molecule is CCNC(=NCc1cccc(-c2ncn[nH]2)c1)NCC1CCCS1.I. The number of aliphatic imine (C=N–C) groups is 1. The zero-order valence-corrected chi connectivity index (χ0v) is 17.5. The maximum atomic E-state index is 4.71. The second-order valence-electron chi connectivity index (χ2n) is 5.75. The van der Waals surface area contributed by atoms with Crippen molar-refractivity contribution in [2.45, 2.75) is 31.6 Å². The Balaban J connectivity index is 0.00000225. The number of benzene rings is 1. The number of nitrogens with one attached hydrogen (secondary N) is 3. The molecule has 1 unspecified atom stereocenters. The summed E-state index contributed by atoms with van der Waals surface area (Å²) in [6.07, 6.45) is 4.16. The number of aromatic amines is 1. The smallest absolute Gasteiger partial charge is 0.191 e. The van der Waals surface area contributed by atoms with Crippen molar-refractivity contribution < 1.29 is 0 Å². The van der Waals surface area contributed by atoms with E-state index < -0.39 is 0 Å². The van der Waals surface area contributed by atoms with Crippen molar-refractivity contribution in [3.63, 3.8) is 0 Å². The number of guanidine groups is 1. The molecule has 1 saturated heterocycles. The van der Waals surface area contributed by atoms with Crippen LogP contribution in [0.1, 0.15) is 25.3 Å². The summed E-state index contributed by atoms with van der Waals surface area (Å²) in [7, 11) is 0. The number of halogens is 1. The standard InChI is InChI=1S/C17H24N6S.HI/c1-2-18-17(20-11-15-7-4-8-24-15)19-10-13-5-3-6-14(9-13)16-21-12-22-23-16;/h3,5-6,9,12,15H,2,4,7-8,10-11H2,1H3,(H2,18,19,20)(H,21,22,23);1H.